The largest absolute Gasteiger partial charge is 0.372 e. The molecule has 0 heterocycles. The van der Waals surface area contributed by atoms with Crippen molar-refractivity contribution in [2.75, 3.05) is 24.5 Å². The summed E-state index contributed by atoms with van der Waals surface area (Å²) in [6.07, 6.45) is 4.99. The Morgan fingerprint density at radius 3 is 2.31 bits per heavy atom. The van der Waals surface area contributed by atoms with Crippen LogP contribution in [0.2, 0.25) is 0 Å². The highest BCUT2D eigenvalue weighted by Gasteiger charge is 2.02. The lowest BCUT2D eigenvalue weighted by Crippen LogP contribution is -2.23. The molecule has 0 saturated heterocycles. The molecule has 16 heavy (non-hydrogen) atoms. The first-order valence-corrected chi connectivity index (χ1v) is 6.38. The van der Waals surface area contributed by atoms with Crippen LogP contribution in [0.25, 0.3) is 0 Å². The van der Waals surface area contributed by atoms with E-state index in [1.54, 1.807) is 0 Å². The van der Waals surface area contributed by atoms with Crippen LogP contribution in [0, 0.1) is 0 Å². The van der Waals surface area contributed by atoms with Crippen molar-refractivity contribution in [3.63, 3.8) is 0 Å². The third kappa shape index (κ3) is 4.67. The van der Waals surface area contributed by atoms with Gasteiger partial charge in [-0.2, -0.15) is 0 Å². The van der Waals surface area contributed by atoms with E-state index in [4.69, 9.17) is 5.73 Å². The topological polar surface area (TPSA) is 29.3 Å². The second-order valence-electron chi connectivity index (χ2n) is 4.12. The molecule has 0 aromatic heterocycles. The summed E-state index contributed by atoms with van der Waals surface area (Å²) in [5.74, 6) is 0. The van der Waals surface area contributed by atoms with Gasteiger partial charge in [-0.05, 0) is 38.4 Å². The van der Waals surface area contributed by atoms with E-state index in [2.05, 4.69) is 42.2 Å². The van der Waals surface area contributed by atoms with Crippen molar-refractivity contribution in [1.82, 2.24) is 0 Å². The number of para-hydroxylation sites is 1. The molecule has 1 aromatic carbocycles. The Kier molecular flexibility index (Phi) is 6.66. The van der Waals surface area contributed by atoms with Crippen LogP contribution >= 0.6 is 0 Å². The Balaban J connectivity index is 2.27. The molecule has 90 valence electrons. The molecule has 0 aliphatic carbocycles. The van der Waals surface area contributed by atoms with Gasteiger partial charge in [0.2, 0.25) is 0 Å². The van der Waals surface area contributed by atoms with Gasteiger partial charge >= 0.3 is 0 Å². The van der Waals surface area contributed by atoms with Gasteiger partial charge in [0.1, 0.15) is 0 Å². The van der Waals surface area contributed by atoms with Gasteiger partial charge in [-0.15, -0.1) is 0 Å². The molecule has 1 aromatic rings. The van der Waals surface area contributed by atoms with Crippen LogP contribution in [0.15, 0.2) is 30.3 Å². The van der Waals surface area contributed by atoms with Gasteiger partial charge in [-0.1, -0.05) is 31.0 Å². The number of nitrogens with two attached hydrogens (primary N) is 1. The predicted molar refractivity (Wildman–Crippen MR) is 71.9 cm³/mol. The number of hydrogen-bond acceptors (Lipinski definition) is 2. The molecule has 0 unspecified atom stereocenters. The molecule has 0 aliphatic heterocycles. The lowest BCUT2D eigenvalue weighted by molar-refractivity contribution is 0.633. The van der Waals surface area contributed by atoms with Crippen molar-refractivity contribution in [3.8, 4) is 0 Å². The van der Waals surface area contributed by atoms with Gasteiger partial charge in [0, 0.05) is 18.8 Å². The minimum absolute atomic E-state index is 0.830. The standard InChI is InChI=1S/C14H24N2/c1-2-16(13-9-4-3-8-12-15)14-10-6-5-7-11-14/h5-7,10-11H,2-4,8-9,12-13,15H2,1H3. The molecule has 2 heteroatoms. The highest BCUT2D eigenvalue weighted by atomic mass is 15.1. The number of unbranched alkanes of at least 4 members (excludes halogenated alkanes) is 3. The van der Waals surface area contributed by atoms with Crippen LogP contribution in [0.4, 0.5) is 5.69 Å². The quantitative estimate of drug-likeness (QED) is 0.682. The summed E-state index contributed by atoms with van der Waals surface area (Å²) in [5, 5.41) is 0. The zero-order valence-electron chi connectivity index (χ0n) is 10.4. The molecule has 0 saturated carbocycles. The average Bonchev–Trinajstić information content (AvgIpc) is 2.35. The van der Waals surface area contributed by atoms with E-state index >= 15 is 0 Å². The number of nitrogens with zero attached hydrogens (tertiary/aromatic N) is 1. The summed E-state index contributed by atoms with van der Waals surface area (Å²) in [6, 6.07) is 10.6. The predicted octanol–water partition coefficient (Wildman–Crippen LogP) is 3.03. The zero-order chi connectivity index (χ0) is 11.6. The highest BCUT2D eigenvalue weighted by molar-refractivity contribution is 5.45. The van der Waals surface area contributed by atoms with Crippen molar-refractivity contribution in [3.05, 3.63) is 30.3 Å². The highest BCUT2D eigenvalue weighted by Crippen LogP contribution is 2.13. The molecular weight excluding hydrogens is 196 g/mol. The second-order valence-corrected chi connectivity index (χ2v) is 4.12. The molecule has 1 rings (SSSR count). The van der Waals surface area contributed by atoms with Crippen LogP contribution in [-0.4, -0.2) is 19.6 Å². The molecule has 2 nitrogen and oxygen atoms in total. The molecule has 0 spiro atoms. The SMILES string of the molecule is CCN(CCCCCCN)c1ccccc1. The second kappa shape index (κ2) is 8.17. The van der Waals surface area contributed by atoms with Crippen molar-refractivity contribution in [2.45, 2.75) is 32.6 Å². The van der Waals surface area contributed by atoms with E-state index in [0.29, 0.717) is 0 Å². The smallest absolute Gasteiger partial charge is 0.0366 e. The van der Waals surface area contributed by atoms with Crippen molar-refractivity contribution in [2.24, 2.45) is 5.73 Å². The van der Waals surface area contributed by atoms with E-state index in [-0.39, 0.29) is 0 Å². The van der Waals surface area contributed by atoms with Gasteiger partial charge in [-0.3, -0.25) is 0 Å². The average molecular weight is 220 g/mol. The van der Waals surface area contributed by atoms with E-state index in [0.717, 1.165) is 26.1 Å². The summed E-state index contributed by atoms with van der Waals surface area (Å²) in [5.41, 5.74) is 6.81. The summed E-state index contributed by atoms with van der Waals surface area (Å²) < 4.78 is 0. The van der Waals surface area contributed by atoms with Crippen LogP contribution in [0.3, 0.4) is 0 Å². The maximum absolute atomic E-state index is 5.48. The first kappa shape index (κ1) is 13.0. The Labute approximate surface area is 99.5 Å². The molecule has 0 bridgehead atoms. The Bertz CT molecular complexity index is 259. The Hall–Kier alpha value is -1.02. The first-order valence-electron chi connectivity index (χ1n) is 6.38. The van der Waals surface area contributed by atoms with Crippen LogP contribution in [0.5, 0.6) is 0 Å². The maximum Gasteiger partial charge on any atom is 0.0366 e. The third-order valence-corrected chi connectivity index (χ3v) is 2.89. The summed E-state index contributed by atoms with van der Waals surface area (Å²) in [7, 11) is 0. The monoisotopic (exact) mass is 220 g/mol. The molecule has 0 radical (unpaired) electrons. The van der Waals surface area contributed by atoms with Gasteiger partial charge in [-0.25, -0.2) is 0 Å². The molecule has 0 aliphatic rings. The fourth-order valence-electron chi connectivity index (χ4n) is 1.91. The van der Waals surface area contributed by atoms with Crippen molar-refractivity contribution >= 4 is 5.69 Å². The van der Waals surface area contributed by atoms with Crippen LogP contribution < -0.4 is 10.6 Å². The number of anilines is 1. The van der Waals surface area contributed by atoms with Crippen LogP contribution in [0.1, 0.15) is 32.6 Å². The molecule has 0 amide bonds. The Morgan fingerprint density at radius 1 is 1.00 bits per heavy atom. The van der Waals surface area contributed by atoms with Crippen molar-refractivity contribution < 1.29 is 0 Å². The minimum Gasteiger partial charge on any atom is -0.372 e. The van der Waals surface area contributed by atoms with E-state index in [1.165, 1.54) is 24.9 Å². The van der Waals surface area contributed by atoms with Crippen LogP contribution in [-0.2, 0) is 0 Å². The molecule has 0 atom stereocenters. The third-order valence-electron chi connectivity index (χ3n) is 2.89. The normalized spacial score (nSPS) is 10.4. The van der Waals surface area contributed by atoms with Gasteiger partial charge in [0.25, 0.3) is 0 Å². The fourth-order valence-corrected chi connectivity index (χ4v) is 1.91. The summed E-state index contributed by atoms with van der Waals surface area (Å²) >= 11 is 0. The van der Waals surface area contributed by atoms with Crippen molar-refractivity contribution in [1.29, 1.82) is 0 Å². The molecule has 0 fully saturated rings. The van der Waals surface area contributed by atoms with Gasteiger partial charge in [0.05, 0.1) is 0 Å². The van der Waals surface area contributed by atoms with E-state index < -0.39 is 0 Å². The molecular formula is C14H24N2. The summed E-state index contributed by atoms with van der Waals surface area (Å²) in [6.45, 7) is 5.29. The minimum atomic E-state index is 0.830. The number of rotatable bonds is 8. The van der Waals surface area contributed by atoms with E-state index in [1.807, 2.05) is 0 Å². The zero-order valence-corrected chi connectivity index (χ0v) is 10.4. The number of hydrogen-bond donors (Lipinski definition) is 1. The summed E-state index contributed by atoms with van der Waals surface area (Å²) in [4.78, 5) is 2.43. The Morgan fingerprint density at radius 2 is 1.69 bits per heavy atom. The lowest BCUT2D eigenvalue weighted by atomic mass is 10.2. The molecule has 2 N–H and O–H groups in total. The maximum atomic E-state index is 5.48. The first-order chi connectivity index (χ1) is 7.88. The fraction of sp³-hybridized carbons (Fsp3) is 0.571. The van der Waals surface area contributed by atoms with Gasteiger partial charge < -0.3 is 10.6 Å². The van der Waals surface area contributed by atoms with E-state index in [9.17, 15) is 0 Å². The van der Waals surface area contributed by atoms with Gasteiger partial charge in [0.15, 0.2) is 0 Å². The lowest BCUT2D eigenvalue weighted by Gasteiger charge is -2.22. The number of benzene rings is 1.